The number of benzene rings is 1. The third-order valence-electron chi connectivity index (χ3n) is 5.53. The molecule has 0 amide bonds. The molecule has 0 aliphatic carbocycles. The van der Waals surface area contributed by atoms with Crippen LogP contribution in [0.1, 0.15) is 19.4 Å². The van der Waals surface area contributed by atoms with E-state index in [0.717, 1.165) is 11.6 Å². The molecule has 11 heteroatoms. The Hall–Kier alpha value is -3.06. The number of allylic oxidation sites excluding steroid dienone is 1. The number of cyclic esters (lactones) is 1. The lowest BCUT2D eigenvalue weighted by Crippen LogP contribution is -2.59. The number of ether oxygens (including phenoxy) is 4. The molecule has 7 unspecified atom stereocenters. The van der Waals surface area contributed by atoms with E-state index in [9.17, 15) is 35.1 Å². The summed E-state index contributed by atoms with van der Waals surface area (Å²) in [6, 6.07) is 6.10. The third kappa shape index (κ3) is 7.00. The van der Waals surface area contributed by atoms with Gasteiger partial charge >= 0.3 is 11.9 Å². The number of phenolic OH excluding ortho intramolecular Hbond substituents is 1. The monoisotopic (exact) mass is 506 g/mol. The van der Waals surface area contributed by atoms with Gasteiger partial charge in [0, 0.05) is 6.08 Å². The van der Waals surface area contributed by atoms with Crippen LogP contribution in [0, 0.1) is 0 Å². The minimum Gasteiger partial charge on any atom is -0.508 e. The van der Waals surface area contributed by atoms with Crippen LogP contribution in [0.2, 0.25) is 0 Å². The minimum absolute atomic E-state index is 0.0192. The lowest BCUT2D eigenvalue weighted by atomic mass is 9.99. The summed E-state index contributed by atoms with van der Waals surface area (Å²) in [7, 11) is 0. The Morgan fingerprint density at radius 2 is 1.75 bits per heavy atom. The summed E-state index contributed by atoms with van der Waals surface area (Å²) in [5, 5.41) is 50.2. The molecule has 2 fully saturated rings. The second-order valence-electron chi connectivity index (χ2n) is 8.62. The van der Waals surface area contributed by atoms with Gasteiger partial charge in [-0.3, -0.25) is 0 Å². The first-order chi connectivity index (χ1) is 17.1. The van der Waals surface area contributed by atoms with Crippen molar-refractivity contribution in [2.45, 2.75) is 56.8 Å². The quantitative estimate of drug-likeness (QED) is 0.182. The molecular weight excluding hydrogens is 476 g/mol. The fraction of sp³-hybridized carbons (Fsp3) is 0.440. The third-order valence-corrected chi connectivity index (χ3v) is 5.53. The molecule has 0 aromatic heterocycles. The molecule has 2 heterocycles. The first kappa shape index (κ1) is 27.5. The van der Waals surface area contributed by atoms with Crippen molar-refractivity contribution in [3.63, 3.8) is 0 Å². The molecule has 2 aliphatic rings. The topological polar surface area (TPSA) is 172 Å². The maximum absolute atomic E-state index is 12.0. The van der Waals surface area contributed by atoms with Crippen LogP contribution in [-0.2, 0) is 28.5 Å². The highest BCUT2D eigenvalue weighted by molar-refractivity contribution is 5.92. The lowest BCUT2D eigenvalue weighted by Gasteiger charge is -2.39. The standard InChI is InChI=1S/C25H30O11/c1-13(2)11-17-20(28)16(24(32)35-17)9-10-33-25-23(31)22(30)21(29)18(36-25)12-34-19(27)8-5-14-3-6-15(26)7-4-14/h3-9,11,17-18,20-23,25-26,28-31H,10,12H2,1-2H3/b8-5+,16-9-. The van der Waals surface area contributed by atoms with Crippen molar-refractivity contribution in [1.82, 2.24) is 0 Å². The zero-order chi connectivity index (χ0) is 26.4. The molecule has 2 aliphatic heterocycles. The van der Waals surface area contributed by atoms with Gasteiger partial charge in [0.1, 0.15) is 42.9 Å². The first-order valence-electron chi connectivity index (χ1n) is 11.3. The highest BCUT2D eigenvalue weighted by Crippen LogP contribution is 2.25. The molecule has 3 rings (SSSR count). The Morgan fingerprint density at radius 1 is 1.06 bits per heavy atom. The second kappa shape index (κ2) is 12.3. The molecule has 2 saturated heterocycles. The number of phenols is 1. The summed E-state index contributed by atoms with van der Waals surface area (Å²) >= 11 is 0. The Balaban J connectivity index is 1.55. The van der Waals surface area contributed by atoms with Crippen LogP contribution in [0.4, 0.5) is 0 Å². The number of carbonyl (C=O) groups is 2. The zero-order valence-electron chi connectivity index (χ0n) is 19.8. The summed E-state index contributed by atoms with van der Waals surface area (Å²) < 4.78 is 21.1. The van der Waals surface area contributed by atoms with Gasteiger partial charge in [0.05, 0.1) is 12.2 Å². The van der Waals surface area contributed by atoms with Gasteiger partial charge in [0.15, 0.2) is 12.4 Å². The van der Waals surface area contributed by atoms with E-state index in [-0.39, 0.29) is 17.9 Å². The van der Waals surface area contributed by atoms with Gasteiger partial charge in [-0.1, -0.05) is 17.7 Å². The molecule has 196 valence electrons. The van der Waals surface area contributed by atoms with Gasteiger partial charge in [-0.2, -0.15) is 0 Å². The fourth-order valence-electron chi connectivity index (χ4n) is 3.60. The number of aliphatic hydroxyl groups excluding tert-OH is 4. The number of carbonyl (C=O) groups excluding carboxylic acids is 2. The number of rotatable bonds is 8. The van der Waals surface area contributed by atoms with Gasteiger partial charge < -0.3 is 44.5 Å². The summed E-state index contributed by atoms with van der Waals surface area (Å²) in [5.41, 5.74) is 1.48. The summed E-state index contributed by atoms with van der Waals surface area (Å²) in [4.78, 5) is 24.0. The van der Waals surface area contributed by atoms with Crippen LogP contribution in [0.5, 0.6) is 5.75 Å². The smallest absolute Gasteiger partial charge is 0.337 e. The maximum atomic E-state index is 12.0. The lowest BCUT2D eigenvalue weighted by molar-refractivity contribution is -0.299. The fourth-order valence-corrected chi connectivity index (χ4v) is 3.60. The largest absolute Gasteiger partial charge is 0.508 e. The Bertz CT molecular complexity index is 1010. The van der Waals surface area contributed by atoms with Crippen molar-refractivity contribution < 1.29 is 54.1 Å². The van der Waals surface area contributed by atoms with Crippen molar-refractivity contribution in [1.29, 1.82) is 0 Å². The molecule has 36 heavy (non-hydrogen) atoms. The summed E-state index contributed by atoms with van der Waals surface area (Å²) in [6.07, 6.45) is -3.99. The van der Waals surface area contributed by atoms with Crippen LogP contribution in [0.25, 0.3) is 6.08 Å². The number of hydrogen-bond acceptors (Lipinski definition) is 11. The average Bonchev–Trinajstić information content (AvgIpc) is 3.09. The molecule has 5 N–H and O–H groups in total. The zero-order valence-corrected chi connectivity index (χ0v) is 19.8. The predicted molar refractivity (Wildman–Crippen MR) is 124 cm³/mol. The second-order valence-corrected chi connectivity index (χ2v) is 8.62. The van der Waals surface area contributed by atoms with Crippen molar-refractivity contribution in [3.8, 4) is 5.75 Å². The maximum Gasteiger partial charge on any atom is 0.337 e. The Labute approximate surface area is 207 Å². The molecule has 7 atom stereocenters. The van der Waals surface area contributed by atoms with E-state index in [1.54, 1.807) is 32.1 Å². The molecular formula is C25H30O11. The van der Waals surface area contributed by atoms with E-state index in [4.69, 9.17) is 18.9 Å². The van der Waals surface area contributed by atoms with Gasteiger partial charge in [-0.25, -0.2) is 9.59 Å². The van der Waals surface area contributed by atoms with Crippen molar-refractivity contribution in [2.24, 2.45) is 0 Å². The molecule has 0 spiro atoms. The van der Waals surface area contributed by atoms with E-state index < -0.39 is 61.5 Å². The summed E-state index contributed by atoms with van der Waals surface area (Å²) in [6.45, 7) is 2.87. The SMILES string of the molecule is CC(C)=CC1OC(=O)/C(=C\COC2OC(COC(=O)/C=C/c3ccc(O)cc3)C(O)C(O)C2O)C1O. The van der Waals surface area contributed by atoms with Crippen LogP contribution < -0.4 is 0 Å². The van der Waals surface area contributed by atoms with Crippen LogP contribution in [0.3, 0.4) is 0 Å². The van der Waals surface area contributed by atoms with Gasteiger partial charge in [-0.15, -0.1) is 0 Å². The van der Waals surface area contributed by atoms with Crippen LogP contribution in [-0.4, -0.2) is 93.6 Å². The number of aliphatic hydroxyl groups is 4. The van der Waals surface area contributed by atoms with E-state index >= 15 is 0 Å². The van der Waals surface area contributed by atoms with Gasteiger partial charge in [-0.05, 0) is 49.8 Å². The molecule has 0 bridgehead atoms. The number of hydrogen-bond donors (Lipinski definition) is 5. The summed E-state index contributed by atoms with van der Waals surface area (Å²) in [5.74, 6) is -1.38. The Kier molecular flexibility index (Phi) is 9.37. The van der Waals surface area contributed by atoms with Gasteiger partial charge in [0.2, 0.25) is 0 Å². The van der Waals surface area contributed by atoms with E-state index in [0.29, 0.717) is 5.56 Å². The van der Waals surface area contributed by atoms with Crippen molar-refractivity contribution in [2.75, 3.05) is 13.2 Å². The highest BCUT2D eigenvalue weighted by atomic mass is 16.7. The van der Waals surface area contributed by atoms with E-state index in [1.165, 1.54) is 24.3 Å². The Morgan fingerprint density at radius 3 is 2.42 bits per heavy atom. The highest BCUT2D eigenvalue weighted by Gasteiger charge is 2.45. The van der Waals surface area contributed by atoms with E-state index in [1.807, 2.05) is 0 Å². The average molecular weight is 507 g/mol. The van der Waals surface area contributed by atoms with E-state index in [2.05, 4.69) is 0 Å². The van der Waals surface area contributed by atoms with Crippen molar-refractivity contribution in [3.05, 3.63) is 59.2 Å². The molecule has 0 saturated carbocycles. The molecule has 1 aromatic rings. The number of esters is 2. The van der Waals surface area contributed by atoms with Crippen molar-refractivity contribution >= 4 is 18.0 Å². The van der Waals surface area contributed by atoms with Crippen LogP contribution >= 0.6 is 0 Å². The predicted octanol–water partition coefficient (Wildman–Crippen LogP) is -0.0483. The minimum atomic E-state index is -1.66. The van der Waals surface area contributed by atoms with Gasteiger partial charge in [0.25, 0.3) is 0 Å². The normalized spacial score (nSPS) is 31.4. The molecule has 0 radical (unpaired) electrons. The number of aromatic hydroxyl groups is 1. The van der Waals surface area contributed by atoms with Crippen LogP contribution in [0.15, 0.2) is 53.6 Å². The molecule has 1 aromatic carbocycles. The first-order valence-corrected chi connectivity index (χ1v) is 11.3. The molecule has 11 nitrogen and oxygen atoms in total.